The minimum atomic E-state index is -0.724. The first-order valence-electron chi connectivity index (χ1n) is 6.64. The SMILES string of the molecule is CCCC(C)(N)C(=O)NCC1C(C)(C)C1(C)C. The van der Waals surface area contributed by atoms with Crippen LogP contribution in [0.1, 0.15) is 54.4 Å². The Morgan fingerprint density at radius 2 is 1.76 bits per heavy atom. The van der Waals surface area contributed by atoms with Gasteiger partial charge >= 0.3 is 0 Å². The minimum absolute atomic E-state index is 0.0159. The summed E-state index contributed by atoms with van der Waals surface area (Å²) < 4.78 is 0. The fraction of sp³-hybridized carbons (Fsp3) is 0.929. The van der Waals surface area contributed by atoms with Gasteiger partial charge in [0, 0.05) is 6.54 Å². The van der Waals surface area contributed by atoms with Crippen LogP contribution in [0.25, 0.3) is 0 Å². The average molecular weight is 240 g/mol. The summed E-state index contributed by atoms with van der Waals surface area (Å²) in [5.41, 5.74) is 5.91. The summed E-state index contributed by atoms with van der Waals surface area (Å²) >= 11 is 0. The lowest BCUT2D eigenvalue weighted by Gasteiger charge is -2.23. The Morgan fingerprint density at radius 3 is 2.12 bits per heavy atom. The third kappa shape index (κ3) is 2.49. The van der Waals surface area contributed by atoms with Crippen molar-refractivity contribution in [2.24, 2.45) is 22.5 Å². The Bertz CT molecular complexity index is 291. The van der Waals surface area contributed by atoms with Gasteiger partial charge in [-0.1, -0.05) is 41.0 Å². The summed E-state index contributed by atoms with van der Waals surface area (Å²) in [6, 6.07) is 0. The van der Waals surface area contributed by atoms with Gasteiger partial charge < -0.3 is 11.1 Å². The van der Waals surface area contributed by atoms with Crippen LogP contribution in [0.3, 0.4) is 0 Å². The van der Waals surface area contributed by atoms with Crippen LogP contribution in [0.4, 0.5) is 0 Å². The van der Waals surface area contributed by atoms with Crippen LogP contribution < -0.4 is 11.1 Å². The maximum Gasteiger partial charge on any atom is 0.239 e. The fourth-order valence-electron chi connectivity index (χ4n) is 2.87. The van der Waals surface area contributed by atoms with E-state index in [4.69, 9.17) is 5.73 Å². The Hall–Kier alpha value is -0.570. The van der Waals surface area contributed by atoms with Gasteiger partial charge in [-0.05, 0) is 30.1 Å². The molecule has 1 atom stereocenters. The number of carbonyl (C=O) groups is 1. The molecule has 1 saturated carbocycles. The molecule has 3 nitrogen and oxygen atoms in total. The number of hydrogen-bond acceptors (Lipinski definition) is 2. The molecule has 0 heterocycles. The van der Waals surface area contributed by atoms with E-state index >= 15 is 0 Å². The lowest BCUT2D eigenvalue weighted by molar-refractivity contribution is -0.126. The molecular weight excluding hydrogens is 212 g/mol. The highest BCUT2D eigenvalue weighted by Crippen LogP contribution is 2.67. The molecule has 1 rings (SSSR count). The molecule has 0 aromatic heterocycles. The van der Waals surface area contributed by atoms with Crippen LogP contribution in [0.5, 0.6) is 0 Å². The Balaban J connectivity index is 2.46. The molecule has 1 aliphatic carbocycles. The number of nitrogens with one attached hydrogen (secondary N) is 1. The molecule has 0 bridgehead atoms. The third-order valence-electron chi connectivity index (χ3n) is 5.07. The Kier molecular flexibility index (Phi) is 3.64. The maximum absolute atomic E-state index is 12.0. The van der Waals surface area contributed by atoms with Crippen molar-refractivity contribution in [3.63, 3.8) is 0 Å². The monoisotopic (exact) mass is 240 g/mol. The van der Waals surface area contributed by atoms with E-state index in [0.717, 1.165) is 19.4 Å². The second kappa shape index (κ2) is 4.27. The third-order valence-corrected chi connectivity index (χ3v) is 5.07. The van der Waals surface area contributed by atoms with Crippen molar-refractivity contribution in [2.45, 2.75) is 59.9 Å². The molecule has 0 aliphatic heterocycles. The highest BCUT2D eigenvalue weighted by molar-refractivity contribution is 5.85. The molecule has 1 fully saturated rings. The zero-order chi connectivity index (χ0) is 13.5. The van der Waals surface area contributed by atoms with Crippen molar-refractivity contribution in [1.29, 1.82) is 0 Å². The van der Waals surface area contributed by atoms with E-state index in [2.05, 4.69) is 33.0 Å². The topological polar surface area (TPSA) is 55.1 Å². The number of amides is 1. The van der Waals surface area contributed by atoms with Crippen LogP contribution >= 0.6 is 0 Å². The standard InChI is InChI=1S/C14H28N2O/c1-7-8-14(6,15)11(17)16-9-10-12(2,3)13(10,4)5/h10H,7-9,15H2,1-6H3,(H,16,17). The first-order valence-corrected chi connectivity index (χ1v) is 6.64. The average Bonchev–Trinajstić information content (AvgIpc) is 2.54. The summed E-state index contributed by atoms with van der Waals surface area (Å²) in [5, 5.41) is 3.02. The van der Waals surface area contributed by atoms with Gasteiger partial charge in [-0.3, -0.25) is 4.79 Å². The van der Waals surface area contributed by atoms with E-state index in [1.54, 1.807) is 0 Å². The van der Waals surface area contributed by atoms with Crippen molar-refractivity contribution < 1.29 is 4.79 Å². The minimum Gasteiger partial charge on any atom is -0.354 e. The van der Waals surface area contributed by atoms with E-state index in [9.17, 15) is 4.79 Å². The normalized spacial score (nSPS) is 25.1. The molecule has 1 aliphatic rings. The van der Waals surface area contributed by atoms with Crippen LogP contribution in [-0.4, -0.2) is 18.0 Å². The van der Waals surface area contributed by atoms with E-state index in [1.807, 2.05) is 13.8 Å². The number of nitrogens with two attached hydrogens (primary N) is 1. The van der Waals surface area contributed by atoms with Gasteiger partial charge in [0.05, 0.1) is 5.54 Å². The molecular formula is C14H28N2O. The molecule has 3 N–H and O–H groups in total. The molecule has 1 amide bonds. The zero-order valence-corrected chi connectivity index (χ0v) is 12.2. The van der Waals surface area contributed by atoms with Crippen LogP contribution in [-0.2, 0) is 4.79 Å². The Morgan fingerprint density at radius 1 is 1.29 bits per heavy atom. The molecule has 100 valence electrons. The number of carbonyl (C=O) groups excluding carboxylic acids is 1. The Labute approximate surface area is 106 Å². The largest absolute Gasteiger partial charge is 0.354 e. The first-order chi connectivity index (χ1) is 7.57. The number of hydrogen-bond donors (Lipinski definition) is 2. The van der Waals surface area contributed by atoms with Crippen molar-refractivity contribution in [2.75, 3.05) is 6.54 Å². The molecule has 0 saturated heterocycles. The molecule has 0 aromatic carbocycles. The molecule has 0 aromatic rings. The summed E-state index contributed by atoms with van der Waals surface area (Å²) in [7, 11) is 0. The van der Waals surface area contributed by atoms with E-state index < -0.39 is 5.54 Å². The molecule has 0 radical (unpaired) electrons. The zero-order valence-electron chi connectivity index (χ0n) is 12.2. The van der Waals surface area contributed by atoms with Gasteiger partial charge in [0.2, 0.25) is 5.91 Å². The smallest absolute Gasteiger partial charge is 0.239 e. The number of rotatable bonds is 5. The summed E-state index contributed by atoms with van der Waals surface area (Å²) in [4.78, 5) is 12.0. The molecule has 1 unspecified atom stereocenters. The quantitative estimate of drug-likeness (QED) is 0.774. The van der Waals surface area contributed by atoms with Gasteiger partial charge in [0.25, 0.3) is 0 Å². The second-order valence-electron chi connectivity index (χ2n) is 6.87. The highest BCUT2D eigenvalue weighted by atomic mass is 16.2. The summed E-state index contributed by atoms with van der Waals surface area (Å²) in [6.07, 6.45) is 1.66. The van der Waals surface area contributed by atoms with Crippen LogP contribution in [0, 0.1) is 16.7 Å². The lowest BCUT2D eigenvalue weighted by Crippen LogP contribution is -2.52. The molecule has 3 heteroatoms. The highest BCUT2D eigenvalue weighted by Gasteiger charge is 2.64. The van der Waals surface area contributed by atoms with Crippen LogP contribution in [0.15, 0.2) is 0 Å². The van der Waals surface area contributed by atoms with Gasteiger partial charge in [-0.2, -0.15) is 0 Å². The van der Waals surface area contributed by atoms with Crippen LogP contribution in [0.2, 0.25) is 0 Å². The van der Waals surface area contributed by atoms with Crippen molar-refractivity contribution in [3.8, 4) is 0 Å². The lowest BCUT2D eigenvalue weighted by atomic mass is 9.96. The molecule has 17 heavy (non-hydrogen) atoms. The van der Waals surface area contributed by atoms with Gasteiger partial charge in [0.15, 0.2) is 0 Å². The van der Waals surface area contributed by atoms with Crippen molar-refractivity contribution in [1.82, 2.24) is 5.32 Å². The predicted octanol–water partition coefficient (Wildman–Crippen LogP) is 2.30. The first kappa shape index (κ1) is 14.5. The van der Waals surface area contributed by atoms with Crippen molar-refractivity contribution in [3.05, 3.63) is 0 Å². The van der Waals surface area contributed by atoms with Crippen molar-refractivity contribution >= 4 is 5.91 Å². The van der Waals surface area contributed by atoms with E-state index in [1.165, 1.54) is 0 Å². The molecule has 0 spiro atoms. The van der Waals surface area contributed by atoms with Gasteiger partial charge in [0.1, 0.15) is 0 Å². The second-order valence-corrected chi connectivity index (χ2v) is 6.87. The predicted molar refractivity (Wildman–Crippen MR) is 71.6 cm³/mol. The van der Waals surface area contributed by atoms with E-state index in [0.29, 0.717) is 16.7 Å². The maximum atomic E-state index is 12.0. The summed E-state index contributed by atoms with van der Waals surface area (Å²) in [5.74, 6) is 0.536. The fourth-order valence-corrected chi connectivity index (χ4v) is 2.87. The summed E-state index contributed by atoms with van der Waals surface area (Å²) in [6.45, 7) is 13.7. The van der Waals surface area contributed by atoms with Gasteiger partial charge in [-0.25, -0.2) is 0 Å². The van der Waals surface area contributed by atoms with Gasteiger partial charge in [-0.15, -0.1) is 0 Å². The van der Waals surface area contributed by atoms with E-state index in [-0.39, 0.29) is 5.91 Å².